The van der Waals surface area contributed by atoms with Gasteiger partial charge in [0.2, 0.25) is 5.62 Å². The molecule has 5 nitrogen and oxygen atoms in total. The Balaban J connectivity index is 1.38. The van der Waals surface area contributed by atoms with E-state index in [4.69, 9.17) is 21.1 Å². The van der Waals surface area contributed by atoms with E-state index in [9.17, 15) is 9.80 Å². The summed E-state index contributed by atoms with van der Waals surface area (Å²) in [7, 11) is 0. The number of rotatable bonds is 12. The molecule has 6 rings (SSSR count). The highest BCUT2D eigenvalue weighted by atomic mass is 35.5. The van der Waals surface area contributed by atoms with Crippen LogP contribution in [0.3, 0.4) is 0 Å². The number of aryl methyl sites for hydroxylation is 2. The number of hydrogen-bond donors (Lipinski definition) is 1. The van der Waals surface area contributed by atoms with Gasteiger partial charge in [0, 0.05) is 5.56 Å². The molecule has 0 bridgehead atoms. The van der Waals surface area contributed by atoms with E-state index in [1.54, 1.807) is 30.3 Å². The van der Waals surface area contributed by atoms with Crippen LogP contribution in [0.5, 0.6) is 0 Å². The molecular weight excluding hydrogens is 616 g/mol. The number of nitrogens with one attached hydrogen (secondary N) is 1. The van der Waals surface area contributed by atoms with Crippen LogP contribution in [0.4, 0.5) is 8.78 Å². The molecule has 47 heavy (non-hydrogen) atoms. The molecule has 0 amide bonds. The Hall–Kier alpha value is -4.56. The van der Waals surface area contributed by atoms with Crippen LogP contribution in [0.2, 0.25) is 5.02 Å². The fraction of sp³-hybridized carbons (Fsp3) is 0.205. The fourth-order valence-electron chi connectivity index (χ4n) is 5.74. The van der Waals surface area contributed by atoms with Gasteiger partial charge in [-0.15, -0.1) is 0 Å². The van der Waals surface area contributed by atoms with E-state index in [2.05, 4.69) is 24.3 Å². The first-order valence-corrected chi connectivity index (χ1v) is 15.9. The lowest BCUT2D eigenvalue weighted by Crippen LogP contribution is -2.35. The van der Waals surface area contributed by atoms with Crippen LogP contribution in [0.15, 0.2) is 121 Å². The Labute approximate surface area is 278 Å². The van der Waals surface area contributed by atoms with E-state index in [1.165, 1.54) is 23.8 Å². The first-order chi connectivity index (χ1) is 22.7. The van der Waals surface area contributed by atoms with Gasteiger partial charge in [-0.2, -0.15) is 4.39 Å². The maximum absolute atomic E-state index is 17.0. The van der Waals surface area contributed by atoms with Gasteiger partial charge in [0.25, 0.3) is 0 Å². The fourth-order valence-corrected chi connectivity index (χ4v) is 5.94. The molecule has 0 aliphatic rings. The van der Waals surface area contributed by atoms with Crippen LogP contribution in [0, 0.1) is 25.1 Å². The summed E-state index contributed by atoms with van der Waals surface area (Å²) in [6, 6.07) is 33.8. The Morgan fingerprint density at radius 2 is 1.34 bits per heavy atom. The summed E-state index contributed by atoms with van der Waals surface area (Å²) in [6.45, 7) is 4.26. The number of benzene rings is 5. The van der Waals surface area contributed by atoms with Gasteiger partial charge >= 0.3 is 6.04 Å². The average Bonchev–Trinajstić information content (AvgIpc) is 3.36. The van der Waals surface area contributed by atoms with Crippen molar-refractivity contribution in [2.24, 2.45) is 0 Å². The molecule has 0 saturated carbocycles. The summed E-state index contributed by atoms with van der Waals surface area (Å²) in [5.74, 6) is -0.565. The predicted molar refractivity (Wildman–Crippen MR) is 181 cm³/mol. The molecule has 8 heteroatoms. The summed E-state index contributed by atoms with van der Waals surface area (Å²) >= 11 is 5.98. The normalized spacial score (nSPS) is 13.5. The van der Waals surface area contributed by atoms with Gasteiger partial charge < -0.3 is 18.6 Å². The molecule has 5 aromatic carbocycles. The lowest BCUT2D eigenvalue weighted by molar-refractivity contribution is -0.337. The lowest BCUT2D eigenvalue weighted by Gasteiger charge is -2.29. The number of alkyl halides is 1. The molecule has 0 radical (unpaired) electrons. The minimum atomic E-state index is -2.64. The van der Waals surface area contributed by atoms with Gasteiger partial charge in [-0.25, -0.2) is 4.39 Å². The highest BCUT2D eigenvalue weighted by Gasteiger charge is 2.36. The molecule has 1 heterocycles. The third kappa shape index (κ3) is 7.38. The van der Waals surface area contributed by atoms with Crippen molar-refractivity contribution < 1.29 is 18.3 Å². The average molecular weight is 652 g/mol. The number of aromatic nitrogens is 2. The van der Waals surface area contributed by atoms with Crippen LogP contribution in [0.1, 0.15) is 39.4 Å². The minimum absolute atomic E-state index is 0.0734. The monoisotopic (exact) mass is 651 g/mol. The molecule has 0 saturated heterocycles. The maximum Gasteiger partial charge on any atom is 0.349 e. The highest BCUT2D eigenvalue weighted by molar-refractivity contribution is 6.30. The molecule has 240 valence electrons. The second-order valence-electron chi connectivity index (χ2n) is 11.8. The van der Waals surface area contributed by atoms with Crippen molar-refractivity contribution in [3.63, 3.8) is 0 Å². The standard InChI is InChI=1S/C39H36ClF2N3O2/c1-27-12-16-29(17-13-27)22-33(45-37-11-7-6-10-36(37)44(38(45)43)24-30-18-14-28(2)15-19-30)26-47-39(42,32-8-4-3-5-9-32)46-25-31-20-21-35(41)34(40)23-31/h3-21,23,33,43H,22,24-26H2,1-2H3/t33-,39?/m0/s1. The van der Waals surface area contributed by atoms with Gasteiger partial charge in [-0.3, -0.25) is 5.41 Å². The van der Waals surface area contributed by atoms with E-state index in [0.29, 0.717) is 18.5 Å². The summed E-state index contributed by atoms with van der Waals surface area (Å²) in [6.07, 6.45) is 0.480. The summed E-state index contributed by atoms with van der Waals surface area (Å²) in [5.41, 5.74) is 7.09. The van der Waals surface area contributed by atoms with Crippen LogP contribution < -0.4 is 5.62 Å². The first kappa shape index (κ1) is 32.4. The van der Waals surface area contributed by atoms with E-state index in [1.807, 2.05) is 71.5 Å². The molecule has 0 fully saturated rings. The number of halogens is 3. The number of fused-ring (bicyclic) bond motifs is 1. The second-order valence-corrected chi connectivity index (χ2v) is 12.3. The Kier molecular flexibility index (Phi) is 9.68. The summed E-state index contributed by atoms with van der Waals surface area (Å²) in [5, 5.41) is 9.35. The van der Waals surface area contributed by atoms with Crippen molar-refractivity contribution in [2.75, 3.05) is 6.61 Å². The van der Waals surface area contributed by atoms with Crippen molar-refractivity contribution in [3.8, 4) is 0 Å². The van der Waals surface area contributed by atoms with Gasteiger partial charge in [0.15, 0.2) is 0 Å². The molecule has 1 N–H and O–H groups in total. The zero-order valence-corrected chi connectivity index (χ0v) is 27.1. The second kappa shape index (κ2) is 14.1. The highest BCUT2D eigenvalue weighted by Crippen LogP contribution is 2.33. The molecule has 0 spiro atoms. The largest absolute Gasteiger partial charge is 0.349 e. The molecule has 0 aliphatic heterocycles. The summed E-state index contributed by atoms with van der Waals surface area (Å²) < 4.78 is 46.6. The van der Waals surface area contributed by atoms with Gasteiger partial charge in [-0.05, 0) is 61.2 Å². The Morgan fingerprint density at radius 3 is 2.00 bits per heavy atom. The first-order valence-electron chi connectivity index (χ1n) is 15.5. The van der Waals surface area contributed by atoms with Crippen LogP contribution in [-0.4, -0.2) is 15.7 Å². The molecule has 2 atom stereocenters. The SMILES string of the molecule is Cc1ccc(C[C@@H](COC(F)(OCc2ccc(F)c(Cl)c2)c2ccccc2)n2c(=N)n(Cc3ccc(C)cc3)c3ccccc32)cc1. The van der Waals surface area contributed by atoms with Crippen LogP contribution in [0.25, 0.3) is 11.0 Å². The quantitative estimate of drug-likeness (QED) is 0.134. The zero-order valence-electron chi connectivity index (χ0n) is 26.3. The van der Waals surface area contributed by atoms with Gasteiger partial charge in [-0.1, -0.05) is 120 Å². The smallest absolute Gasteiger partial charge is 0.318 e. The van der Waals surface area contributed by atoms with Crippen molar-refractivity contribution in [3.05, 3.63) is 171 Å². The van der Waals surface area contributed by atoms with Gasteiger partial charge in [0.05, 0.1) is 41.9 Å². The van der Waals surface area contributed by atoms with Crippen molar-refractivity contribution in [2.45, 2.75) is 45.5 Å². The van der Waals surface area contributed by atoms with Crippen molar-refractivity contribution >= 4 is 22.6 Å². The third-order valence-electron chi connectivity index (χ3n) is 8.32. The van der Waals surface area contributed by atoms with Crippen molar-refractivity contribution in [1.29, 1.82) is 5.41 Å². The third-order valence-corrected chi connectivity index (χ3v) is 8.61. The number of nitrogens with zero attached hydrogens (tertiary/aromatic N) is 2. The van der Waals surface area contributed by atoms with Gasteiger partial charge in [0.1, 0.15) is 5.82 Å². The molecular formula is C39H36ClF2N3O2. The molecule has 1 aromatic heterocycles. The molecule has 0 aliphatic carbocycles. The Bertz CT molecular complexity index is 2030. The van der Waals surface area contributed by atoms with E-state index >= 15 is 4.39 Å². The number of para-hydroxylation sites is 2. The van der Waals surface area contributed by atoms with Crippen LogP contribution >= 0.6 is 11.6 Å². The number of imidazole rings is 1. The van der Waals surface area contributed by atoms with E-state index < -0.39 is 17.9 Å². The maximum atomic E-state index is 17.0. The van der Waals surface area contributed by atoms with E-state index in [0.717, 1.165) is 27.7 Å². The zero-order chi connectivity index (χ0) is 33.0. The van der Waals surface area contributed by atoms with Crippen LogP contribution in [-0.2, 0) is 35.1 Å². The molecule has 1 unspecified atom stereocenters. The predicted octanol–water partition coefficient (Wildman–Crippen LogP) is 9.18. The number of hydrogen-bond acceptors (Lipinski definition) is 3. The Morgan fingerprint density at radius 1 is 0.745 bits per heavy atom. The van der Waals surface area contributed by atoms with E-state index in [-0.39, 0.29) is 29.4 Å². The minimum Gasteiger partial charge on any atom is -0.318 e. The topological polar surface area (TPSA) is 52.2 Å². The van der Waals surface area contributed by atoms with Crippen molar-refractivity contribution in [1.82, 2.24) is 9.13 Å². The number of ether oxygens (including phenoxy) is 2. The summed E-state index contributed by atoms with van der Waals surface area (Å²) in [4.78, 5) is 0. The lowest BCUT2D eigenvalue weighted by atomic mass is 10.0. The molecule has 6 aromatic rings.